The first-order chi connectivity index (χ1) is 12.4. The van der Waals surface area contributed by atoms with Gasteiger partial charge in [0.15, 0.2) is 0 Å². The number of amides is 2. The molecule has 1 spiro atoms. The third-order valence-corrected chi connectivity index (χ3v) is 6.64. The van der Waals surface area contributed by atoms with E-state index in [2.05, 4.69) is 17.1 Å². The van der Waals surface area contributed by atoms with Gasteiger partial charge in [0.05, 0.1) is 0 Å². The van der Waals surface area contributed by atoms with Crippen LogP contribution in [0.1, 0.15) is 61.4 Å². The van der Waals surface area contributed by atoms with Gasteiger partial charge in [-0.3, -0.25) is 9.59 Å². The van der Waals surface area contributed by atoms with Crippen molar-refractivity contribution in [3.8, 4) is 0 Å². The van der Waals surface area contributed by atoms with Crippen LogP contribution in [0, 0.1) is 24.6 Å². The molecule has 2 aliphatic carbocycles. The Kier molecular flexibility index (Phi) is 4.28. The van der Waals surface area contributed by atoms with Crippen LogP contribution in [-0.4, -0.2) is 34.8 Å². The van der Waals surface area contributed by atoms with Crippen molar-refractivity contribution in [1.82, 2.24) is 10.2 Å². The predicted octanol–water partition coefficient (Wildman–Crippen LogP) is 3.43. The molecule has 26 heavy (non-hydrogen) atoms. The number of nitrogens with one attached hydrogen (secondary N) is 1. The van der Waals surface area contributed by atoms with Crippen LogP contribution in [0.5, 0.6) is 0 Å². The topological polar surface area (TPSA) is 49.4 Å². The maximum Gasteiger partial charge on any atom is 0.251 e. The molecule has 1 saturated heterocycles. The normalized spacial score (nSPS) is 32.9. The zero-order chi connectivity index (χ0) is 18.5. The molecule has 1 N–H and O–H groups in total. The Morgan fingerprint density at radius 1 is 1.27 bits per heavy atom. The van der Waals surface area contributed by atoms with Gasteiger partial charge < -0.3 is 10.2 Å². The number of likely N-dealkylation sites (tertiary alicyclic amines) is 1. The third kappa shape index (κ3) is 2.91. The van der Waals surface area contributed by atoms with Crippen LogP contribution >= 0.6 is 0 Å². The smallest absolute Gasteiger partial charge is 0.251 e. The van der Waals surface area contributed by atoms with Crippen molar-refractivity contribution in [3.05, 3.63) is 35.1 Å². The van der Waals surface area contributed by atoms with Gasteiger partial charge >= 0.3 is 0 Å². The van der Waals surface area contributed by atoms with Gasteiger partial charge in [-0.05, 0) is 69.1 Å². The van der Waals surface area contributed by atoms with Crippen molar-refractivity contribution >= 4 is 11.8 Å². The molecule has 140 valence electrons. The number of halogens is 1. The Labute approximate surface area is 154 Å². The maximum atomic E-state index is 13.7. The van der Waals surface area contributed by atoms with Crippen molar-refractivity contribution in [3.63, 3.8) is 0 Å². The van der Waals surface area contributed by atoms with E-state index in [9.17, 15) is 14.0 Å². The average molecular weight is 358 g/mol. The number of piperidine rings is 1. The minimum atomic E-state index is -0.356. The highest BCUT2D eigenvalue weighted by Gasteiger charge is 2.54. The molecule has 0 aromatic heterocycles. The summed E-state index contributed by atoms with van der Waals surface area (Å²) >= 11 is 0. The molecule has 0 radical (unpaired) electrons. The van der Waals surface area contributed by atoms with E-state index in [4.69, 9.17) is 0 Å². The Hall–Kier alpha value is -1.91. The molecule has 1 aromatic carbocycles. The molecule has 3 aliphatic rings. The highest BCUT2D eigenvalue weighted by Crippen LogP contribution is 2.48. The summed E-state index contributed by atoms with van der Waals surface area (Å²) in [6, 6.07) is 4.66. The van der Waals surface area contributed by atoms with E-state index in [0.29, 0.717) is 23.0 Å². The lowest BCUT2D eigenvalue weighted by Crippen LogP contribution is -2.66. The lowest BCUT2D eigenvalue weighted by Gasteiger charge is -2.57. The molecule has 1 heterocycles. The number of carbonyl (C=O) groups is 2. The van der Waals surface area contributed by atoms with Crippen LogP contribution in [-0.2, 0) is 4.79 Å². The van der Waals surface area contributed by atoms with Gasteiger partial charge in [0.1, 0.15) is 5.82 Å². The summed E-state index contributed by atoms with van der Waals surface area (Å²) < 4.78 is 13.7. The van der Waals surface area contributed by atoms with Crippen LogP contribution in [0.3, 0.4) is 0 Å². The van der Waals surface area contributed by atoms with Crippen LogP contribution in [0.15, 0.2) is 18.2 Å². The SMILES string of the molecule is Cc1c(F)cccc1C(=O)NC1CC2(CCCCN2C(=O)[C@@H]2C[C@H]2C)C1. The Morgan fingerprint density at radius 3 is 2.69 bits per heavy atom. The fraction of sp³-hybridized carbons (Fsp3) is 0.619. The van der Waals surface area contributed by atoms with Crippen LogP contribution in [0.4, 0.5) is 4.39 Å². The first-order valence-electron chi connectivity index (χ1n) is 9.79. The van der Waals surface area contributed by atoms with Crippen molar-refractivity contribution in [2.75, 3.05) is 6.54 Å². The monoisotopic (exact) mass is 358 g/mol. The second-order valence-electron chi connectivity index (χ2n) is 8.48. The quantitative estimate of drug-likeness (QED) is 0.900. The molecule has 2 atom stereocenters. The highest BCUT2D eigenvalue weighted by atomic mass is 19.1. The van der Waals surface area contributed by atoms with Gasteiger partial charge in [-0.2, -0.15) is 0 Å². The van der Waals surface area contributed by atoms with Gasteiger partial charge in [0.25, 0.3) is 5.91 Å². The molecule has 4 rings (SSSR count). The maximum absolute atomic E-state index is 13.7. The van der Waals surface area contributed by atoms with Gasteiger partial charge in [-0.1, -0.05) is 13.0 Å². The molecule has 1 aliphatic heterocycles. The summed E-state index contributed by atoms with van der Waals surface area (Å²) in [7, 11) is 0. The van der Waals surface area contributed by atoms with E-state index in [1.54, 1.807) is 19.1 Å². The summed E-state index contributed by atoms with van der Waals surface area (Å²) in [5.74, 6) is 0.487. The molecule has 1 aromatic rings. The fourth-order valence-corrected chi connectivity index (χ4v) is 4.81. The van der Waals surface area contributed by atoms with E-state index in [0.717, 1.165) is 45.1 Å². The van der Waals surface area contributed by atoms with Gasteiger partial charge in [-0.25, -0.2) is 4.39 Å². The summed E-state index contributed by atoms with van der Waals surface area (Å²) in [6.45, 7) is 4.63. The molecular formula is C21H27FN2O2. The average Bonchev–Trinajstić information content (AvgIpc) is 3.32. The number of benzene rings is 1. The molecule has 2 saturated carbocycles. The first kappa shape index (κ1) is 17.5. The van der Waals surface area contributed by atoms with E-state index < -0.39 is 0 Å². The number of hydrogen-bond acceptors (Lipinski definition) is 2. The van der Waals surface area contributed by atoms with Crippen LogP contribution in [0.2, 0.25) is 0 Å². The second-order valence-corrected chi connectivity index (χ2v) is 8.48. The van der Waals surface area contributed by atoms with Crippen LogP contribution in [0.25, 0.3) is 0 Å². The largest absolute Gasteiger partial charge is 0.349 e. The summed E-state index contributed by atoms with van der Waals surface area (Å²) in [4.78, 5) is 27.4. The fourth-order valence-electron chi connectivity index (χ4n) is 4.81. The summed E-state index contributed by atoms with van der Waals surface area (Å²) in [6.07, 6.45) is 5.91. The number of hydrogen-bond donors (Lipinski definition) is 1. The minimum Gasteiger partial charge on any atom is -0.349 e. The molecule has 5 heteroatoms. The molecule has 0 unspecified atom stereocenters. The molecular weight excluding hydrogens is 331 g/mol. The minimum absolute atomic E-state index is 0.0629. The standard InChI is InChI=1S/C21H27FN2O2/c1-13-10-17(13)20(26)24-9-4-3-8-21(24)11-15(12-21)23-19(25)16-6-5-7-18(22)14(16)2/h5-7,13,15,17H,3-4,8-12H2,1-2H3,(H,23,25)/t13-,15?,17-,21?/m1/s1. The molecule has 0 bridgehead atoms. The first-order valence-corrected chi connectivity index (χ1v) is 9.79. The van der Waals surface area contributed by atoms with Crippen LogP contribution < -0.4 is 5.32 Å². The zero-order valence-corrected chi connectivity index (χ0v) is 15.6. The Balaban J connectivity index is 1.41. The lowest BCUT2D eigenvalue weighted by atomic mass is 9.66. The van der Waals surface area contributed by atoms with Gasteiger partial charge in [-0.15, -0.1) is 0 Å². The zero-order valence-electron chi connectivity index (χ0n) is 15.6. The number of rotatable bonds is 3. The third-order valence-electron chi connectivity index (χ3n) is 6.64. The van der Waals surface area contributed by atoms with Gasteiger partial charge in [0.2, 0.25) is 5.91 Å². The molecule has 4 nitrogen and oxygen atoms in total. The molecule has 3 fully saturated rings. The lowest BCUT2D eigenvalue weighted by molar-refractivity contribution is -0.148. The summed E-state index contributed by atoms with van der Waals surface area (Å²) in [5, 5.41) is 3.04. The second kappa shape index (κ2) is 6.36. The van der Waals surface area contributed by atoms with E-state index in [1.165, 1.54) is 6.07 Å². The number of nitrogens with zero attached hydrogens (tertiary/aromatic N) is 1. The van der Waals surface area contributed by atoms with Crippen molar-refractivity contribution in [2.24, 2.45) is 11.8 Å². The van der Waals surface area contributed by atoms with Crippen molar-refractivity contribution in [2.45, 2.75) is 64.0 Å². The Morgan fingerprint density at radius 2 is 2.00 bits per heavy atom. The summed E-state index contributed by atoms with van der Waals surface area (Å²) in [5.41, 5.74) is 0.720. The molecule has 2 amide bonds. The highest BCUT2D eigenvalue weighted by molar-refractivity contribution is 5.96. The van der Waals surface area contributed by atoms with E-state index >= 15 is 0 Å². The Bertz CT molecular complexity index is 742. The van der Waals surface area contributed by atoms with Crippen molar-refractivity contribution in [1.29, 1.82) is 0 Å². The van der Waals surface area contributed by atoms with Crippen molar-refractivity contribution < 1.29 is 14.0 Å². The van der Waals surface area contributed by atoms with E-state index in [1.807, 2.05) is 0 Å². The van der Waals surface area contributed by atoms with Gasteiger partial charge in [0, 0.05) is 29.6 Å². The number of carbonyl (C=O) groups excluding carboxylic acids is 2. The predicted molar refractivity (Wildman–Crippen MR) is 97.2 cm³/mol. The van der Waals surface area contributed by atoms with E-state index in [-0.39, 0.29) is 29.2 Å².